The van der Waals surface area contributed by atoms with Crippen LogP contribution in [0.15, 0.2) is 30.3 Å². The highest BCUT2D eigenvalue weighted by Gasteiger charge is 2.23. The summed E-state index contributed by atoms with van der Waals surface area (Å²) in [6, 6.07) is 10.2. The summed E-state index contributed by atoms with van der Waals surface area (Å²) in [5, 5.41) is 0. The second-order valence-corrected chi connectivity index (χ2v) is 5.04. The van der Waals surface area contributed by atoms with Crippen molar-refractivity contribution in [2.24, 2.45) is 5.84 Å². The minimum atomic E-state index is 0.435. The third-order valence-electron chi connectivity index (χ3n) is 3.44. The van der Waals surface area contributed by atoms with E-state index in [0.717, 1.165) is 17.2 Å². The second kappa shape index (κ2) is 5.56. The third-order valence-corrected chi connectivity index (χ3v) is 3.44. The van der Waals surface area contributed by atoms with E-state index in [9.17, 15) is 0 Å². The lowest BCUT2D eigenvalue weighted by molar-refractivity contribution is 0.181. The maximum Gasteiger partial charge on any atom is 0.161 e. The minimum Gasteiger partial charge on any atom is -0.378 e. The van der Waals surface area contributed by atoms with Crippen molar-refractivity contribution in [3.8, 4) is 11.4 Å². The highest BCUT2D eigenvalue weighted by molar-refractivity contribution is 5.58. The molecular formula is C15H18N4O. The van der Waals surface area contributed by atoms with Crippen molar-refractivity contribution in [1.82, 2.24) is 9.97 Å². The van der Waals surface area contributed by atoms with Crippen molar-refractivity contribution >= 4 is 5.82 Å². The number of hydrazine groups is 1. The first-order chi connectivity index (χ1) is 9.80. The van der Waals surface area contributed by atoms with Gasteiger partial charge in [-0.05, 0) is 24.3 Å². The number of ether oxygens (including phenoxy) is 1. The average molecular weight is 270 g/mol. The minimum absolute atomic E-state index is 0.435. The fourth-order valence-corrected chi connectivity index (χ4v) is 2.24. The van der Waals surface area contributed by atoms with Crippen LogP contribution in [-0.4, -0.2) is 17.1 Å². The number of aromatic nitrogens is 2. The number of nitrogen functional groups attached to an aromatic ring is 1. The van der Waals surface area contributed by atoms with E-state index in [2.05, 4.69) is 39.7 Å². The molecule has 2 aromatic rings. The van der Waals surface area contributed by atoms with Crippen molar-refractivity contribution in [2.75, 3.05) is 12.5 Å². The molecule has 0 bridgehead atoms. The van der Waals surface area contributed by atoms with Gasteiger partial charge in [0.05, 0.1) is 12.3 Å². The summed E-state index contributed by atoms with van der Waals surface area (Å²) in [7, 11) is 1.64. The fourth-order valence-electron chi connectivity index (χ4n) is 2.24. The van der Waals surface area contributed by atoms with Gasteiger partial charge in [0.2, 0.25) is 0 Å². The van der Waals surface area contributed by atoms with Gasteiger partial charge >= 0.3 is 0 Å². The molecule has 1 aromatic carbocycles. The maximum atomic E-state index is 5.45. The molecule has 0 saturated heterocycles. The van der Waals surface area contributed by atoms with E-state index in [1.165, 1.54) is 18.4 Å². The number of hydrogen-bond donors (Lipinski definition) is 2. The summed E-state index contributed by atoms with van der Waals surface area (Å²) in [5.41, 5.74) is 5.76. The lowest BCUT2D eigenvalue weighted by Crippen LogP contribution is -2.10. The molecule has 1 heterocycles. The molecule has 0 unspecified atom stereocenters. The van der Waals surface area contributed by atoms with Crippen molar-refractivity contribution in [3.05, 3.63) is 41.6 Å². The van der Waals surface area contributed by atoms with Crippen molar-refractivity contribution in [1.29, 1.82) is 0 Å². The third kappa shape index (κ3) is 2.79. The van der Waals surface area contributed by atoms with Gasteiger partial charge in [-0.1, -0.05) is 24.3 Å². The SMILES string of the molecule is COCc1cc(NN)nc(-c2ccc(C3CC3)cc2)n1. The van der Waals surface area contributed by atoms with Gasteiger partial charge in [-0.2, -0.15) is 0 Å². The zero-order chi connectivity index (χ0) is 13.9. The Kier molecular flexibility index (Phi) is 3.62. The molecule has 0 atom stereocenters. The van der Waals surface area contributed by atoms with Crippen LogP contribution >= 0.6 is 0 Å². The fraction of sp³-hybridized carbons (Fsp3) is 0.333. The quantitative estimate of drug-likeness (QED) is 0.645. The molecule has 1 aromatic heterocycles. The molecule has 1 aliphatic carbocycles. The molecular weight excluding hydrogens is 252 g/mol. The summed E-state index contributed by atoms with van der Waals surface area (Å²) in [4.78, 5) is 8.89. The number of benzene rings is 1. The van der Waals surface area contributed by atoms with Crippen LogP contribution < -0.4 is 11.3 Å². The molecule has 0 spiro atoms. The molecule has 0 aliphatic heterocycles. The second-order valence-electron chi connectivity index (χ2n) is 5.04. The topological polar surface area (TPSA) is 73.1 Å². The zero-order valence-corrected chi connectivity index (χ0v) is 11.5. The van der Waals surface area contributed by atoms with Crippen LogP contribution in [0.2, 0.25) is 0 Å². The largest absolute Gasteiger partial charge is 0.378 e. The summed E-state index contributed by atoms with van der Waals surface area (Å²) >= 11 is 0. The first-order valence-corrected chi connectivity index (χ1v) is 6.74. The summed E-state index contributed by atoms with van der Waals surface area (Å²) in [6.45, 7) is 0.435. The number of methoxy groups -OCH3 is 1. The lowest BCUT2D eigenvalue weighted by atomic mass is 10.1. The van der Waals surface area contributed by atoms with E-state index in [1.54, 1.807) is 13.2 Å². The first kappa shape index (κ1) is 13.0. The van der Waals surface area contributed by atoms with E-state index in [0.29, 0.717) is 18.2 Å². The molecule has 5 nitrogen and oxygen atoms in total. The van der Waals surface area contributed by atoms with Gasteiger partial charge in [0.1, 0.15) is 5.82 Å². The molecule has 3 N–H and O–H groups in total. The zero-order valence-electron chi connectivity index (χ0n) is 11.5. The highest BCUT2D eigenvalue weighted by atomic mass is 16.5. The molecule has 0 amide bonds. The Hall–Kier alpha value is -1.98. The Morgan fingerprint density at radius 2 is 2.00 bits per heavy atom. The molecule has 1 aliphatic rings. The van der Waals surface area contributed by atoms with Crippen LogP contribution in [0.1, 0.15) is 30.0 Å². The molecule has 1 fully saturated rings. The Morgan fingerprint density at radius 1 is 1.25 bits per heavy atom. The van der Waals surface area contributed by atoms with Crippen molar-refractivity contribution in [2.45, 2.75) is 25.4 Å². The van der Waals surface area contributed by atoms with Crippen LogP contribution in [0.25, 0.3) is 11.4 Å². The van der Waals surface area contributed by atoms with Crippen LogP contribution in [0.3, 0.4) is 0 Å². The Labute approximate surface area is 118 Å². The standard InChI is InChI=1S/C15H18N4O/c1-20-9-13-8-14(19-16)18-15(17-13)12-6-4-11(5-7-12)10-2-3-10/h4-8,10H,2-3,9,16H2,1H3,(H,17,18,19). The molecule has 3 rings (SSSR count). The van der Waals surface area contributed by atoms with E-state index < -0.39 is 0 Å². The smallest absolute Gasteiger partial charge is 0.161 e. The average Bonchev–Trinajstić information content (AvgIpc) is 3.32. The molecule has 5 heteroatoms. The summed E-state index contributed by atoms with van der Waals surface area (Å²) in [6.07, 6.45) is 2.61. The molecule has 20 heavy (non-hydrogen) atoms. The molecule has 1 saturated carbocycles. The first-order valence-electron chi connectivity index (χ1n) is 6.74. The van der Waals surface area contributed by atoms with E-state index >= 15 is 0 Å². The monoisotopic (exact) mass is 270 g/mol. The van der Waals surface area contributed by atoms with Crippen LogP contribution in [0.4, 0.5) is 5.82 Å². The van der Waals surface area contributed by atoms with Crippen molar-refractivity contribution in [3.63, 3.8) is 0 Å². The molecule has 0 radical (unpaired) electrons. The van der Waals surface area contributed by atoms with Crippen LogP contribution in [-0.2, 0) is 11.3 Å². The van der Waals surface area contributed by atoms with E-state index in [4.69, 9.17) is 10.6 Å². The van der Waals surface area contributed by atoms with Gasteiger partial charge in [-0.25, -0.2) is 15.8 Å². The van der Waals surface area contributed by atoms with Gasteiger partial charge in [0.15, 0.2) is 5.82 Å². The highest BCUT2D eigenvalue weighted by Crippen LogP contribution is 2.40. The maximum absolute atomic E-state index is 5.45. The number of rotatable bonds is 5. The van der Waals surface area contributed by atoms with Crippen LogP contribution in [0.5, 0.6) is 0 Å². The Morgan fingerprint density at radius 3 is 2.60 bits per heavy atom. The number of nitrogens with zero attached hydrogens (tertiary/aromatic N) is 2. The summed E-state index contributed by atoms with van der Waals surface area (Å²) < 4.78 is 5.12. The number of nitrogens with one attached hydrogen (secondary N) is 1. The Balaban J connectivity index is 1.92. The van der Waals surface area contributed by atoms with Gasteiger partial charge in [-0.15, -0.1) is 0 Å². The van der Waals surface area contributed by atoms with Crippen LogP contribution in [0, 0.1) is 0 Å². The predicted molar refractivity (Wildman–Crippen MR) is 78.0 cm³/mol. The Bertz CT molecular complexity index is 593. The van der Waals surface area contributed by atoms with Gasteiger partial charge in [-0.3, -0.25) is 0 Å². The number of anilines is 1. The number of nitrogens with two attached hydrogens (primary N) is 1. The van der Waals surface area contributed by atoms with E-state index in [-0.39, 0.29) is 0 Å². The molecule has 104 valence electrons. The van der Waals surface area contributed by atoms with E-state index in [1.807, 2.05) is 0 Å². The van der Waals surface area contributed by atoms with Gasteiger partial charge in [0.25, 0.3) is 0 Å². The predicted octanol–water partition coefficient (Wildman–Crippen LogP) is 2.45. The van der Waals surface area contributed by atoms with Gasteiger partial charge in [0, 0.05) is 18.7 Å². The normalized spacial score (nSPS) is 14.3. The van der Waals surface area contributed by atoms with Crippen molar-refractivity contribution < 1.29 is 4.74 Å². The lowest BCUT2D eigenvalue weighted by Gasteiger charge is -2.08. The number of hydrogen-bond acceptors (Lipinski definition) is 5. The summed E-state index contributed by atoms with van der Waals surface area (Å²) in [5.74, 6) is 7.46. The van der Waals surface area contributed by atoms with Gasteiger partial charge < -0.3 is 10.2 Å².